The van der Waals surface area contributed by atoms with Crippen molar-refractivity contribution < 1.29 is 4.79 Å². The lowest BCUT2D eigenvalue weighted by atomic mass is 10.2. The van der Waals surface area contributed by atoms with Gasteiger partial charge in [0.2, 0.25) is 5.91 Å². The molecule has 1 saturated carbocycles. The average molecular weight is 319 g/mol. The number of carbonyl (C=O) groups excluding carboxylic acids is 1. The molecule has 22 heavy (non-hydrogen) atoms. The zero-order valence-corrected chi connectivity index (χ0v) is 13.4. The summed E-state index contributed by atoms with van der Waals surface area (Å²) in [5.41, 5.74) is 1.10. The lowest BCUT2D eigenvalue weighted by Gasteiger charge is -2.09. The number of nitrogens with one attached hydrogen (secondary N) is 1. The van der Waals surface area contributed by atoms with Crippen LogP contribution in [-0.4, -0.2) is 43.0 Å². The highest BCUT2D eigenvalue weighted by Crippen LogP contribution is 2.28. The third kappa shape index (κ3) is 4.19. The van der Waals surface area contributed by atoms with E-state index in [0.717, 1.165) is 18.4 Å². The summed E-state index contributed by atoms with van der Waals surface area (Å²) in [6.07, 6.45) is 12.2. The topological polar surface area (TPSA) is 72.2 Å². The standard InChI is InChI=1S/C15H21N5OS/c21-14(10-22-13-5-1-2-6-13)16-7-3-4-12-8-17-15-18-11-19-20(15)9-12/h8-9,11,13H,1-7,10H2,(H,16,21). The normalized spacial score (nSPS) is 15.5. The van der Waals surface area contributed by atoms with Crippen molar-refractivity contribution in [3.05, 3.63) is 24.3 Å². The van der Waals surface area contributed by atoms with Gasteiger partial charge in [0.05, 0.1) is 5.75 Å². The summed E-state index contributed by atoms with van der Waals surface area (Å²) >= 11 is 1.81. The first-order chi connectivity index (χ1) is 10.8. The first kappa shape index (κ1) is 15.3. The second kappa shape index (κ2) is 7.58. The van der Waals surface area contributed by atoms with E-state index in [1.54, 1.807) is 4.52 Å². The summed E-state index contributed by atoms with van der Waals surface area (Å²) in [6.45, 7) is 0.708. The van der Waals surface area contributed by atoms with E-state index < -0.39 is 0 Å². The fraction of sp³-hybridized carbons (Fsp3) is 0.600. The van der Waals surface area contributed by atoms with Gasteiger partial charge >= 0.3 is 0 Å². The van der Waals surface area contributed by atoms with Crippen molar-refractivity contribution in [2.75, 3.05) is 12.3 Å². The third-order valence-corrected chi connectivity index (χ3v) is 5.28. The fourth-order valence-corrected chi connectivity index (χ4v) is 3.86. The number of hydrogen-bond donors (Lipinski definition) is 1. The molecule has 1 N–H and O–H groups in total. The molecular formula is C15H21N5OS. The van der Waals surface area contributed by atoms with Gasteiger partial charge < -0.3 is 5.32 Å². The van der Waals surface area contributed by atoms with Gasteiger partial charge in [0, 0.05) is 24.2 Å². The molecule has 1 fully saturated rings. The van der Waals surface area contributed by atoms with Gasteiger partial charge in [0.15, 0.2) is 0 Å². The molecule has 1 amide bonds. The van der Waals surface area contributed by atoms with E-state index in [2.05, 4.69) is 20.4 Å². The van der Waals surface area contributed by atoms with E-state index in [-0.39, 0.29) is 5.91 Å². The number of nitrogens with zero attached hydrogens (tertiary/aromatic N) is 4. The maximum Gasteiger partial charge on any atom is 0.252 e. The Labute approximate surface area is 134 Å². The zero-order valence-electron chi connectivity index (χ0n) is 12.6. The van der Waals surface area contributed by atoms with Crippen molar-refractivity contribution in [3.8, 4) is 0 Å². The van der Waals surface area contributed by atoms with Gasteiger partial charge in [-0.05, 0) is 31.2 Å². The summed E-state index contributed by atoms with van der Waals surface area (Å²) in [5.74, 6) is 1.36. The van der Waals surface area contributed by atoms with E-state index in [1.807, 2.05) is 24.2 Å². The molecule has 6 nitrogen and oxygen atoms in total. The molecule has 1 aliphatic carbocycles. The van der Waals surface area contributed by atoms with E-state index in [9.17, 15) is 4.79 Å². The van der Waals surface area contributed by atoms with Crippen LogP contribution in [0.2, 0.25) is 0 Å². The Morgan fingerprint density at radius 2 is 2.23 bits per heavy atom. The molecule has 0 unspecified atom stereocenters. The van der Waals surface area contributed by atoms with Gasteiger partial charge in [0.1, 0.15) is 6.33 Å². The second-order valence-corrected chi connectivity index (χ2v) is 6.93. The Kier molecular flexibility index (Phi) is 5.26. The second-order valence-electron chi connectivity index (χ2n) is 5.64. The monoisotopic (exact) mass is 319 g/mol. The van der Waals surface area contributed by atoms with Crippen LogP contribution in [0.1, 0.15) is 37.7 Å². The van der Waals surface area contributed by atoms with Crippen LogP contribution in [0.3, 0.4) is 0 Å². The van der Waals surface area contributed by atoms with Crippen LogP contribution in [0.25, 0.3) is 5.78 Å². The predicted octanol–water partition coefficient (Wildman–Crippen LogP) is 1.85. The number of aryl methyl sites for hydroxylation is 1. The summed E-state index contributed by atoms with van der Waals surface area (Å²) in [4.78, 5) is 20.0. The first-order valence-corrected chi connectivity index (χ1v) is 8.89. The van der Waals surface area contributed by atoms with Crippen LogP contribution in [0, 0.1) is 0 Å². The molecule has 3 rings (SSSR count). The summed E-state index contributed by atoms with van der Waals surface area (Å²) in [7, 11) is 0. The fourth-order valence-electron chi connectivity index (χ4n) is 2.71. The summed E-state index contributed by atoms with van der Waals surface area (Å²) < 4.78 is 1.67. The first-order valence-electron chi connectivity index (χ1n) is 7.84. The Hall–Kier alpha value is -1.63. The smallest absolute Gasteiger partial charge is 0.252 e. The highest BCUT2D eigenvalue weighted by molar-refractivity contribution is 8.00. The largest absolute Gasteiger partial charge is 0.355 e. The molecular weight excluding hydrogens is 298 g/mol. The van der Waals surface area contributed by atoms with Crippen molar-refractivity contribution >= 4 is 23.4 Å². The predicted molar refractivity (Wildman–Crippen MR) is 86.8 cm³/mol. The maximum absolute atomic E-state index is 11.8. The molecule has 2 heterocycles. The van der Waals surface area contributed by atoms with Crippen LogP contribution in [0.5, 0.6) is 0 Å². The van der Waals surface area contributed by atoms with Crippen molar-refractivity contribution in [2.24, 2.45) is 0 Å². The number of amides is 1. The molecule has 2 aromatic rings. The molecule has 0 spiro atoms. The number of carbonyl (C=O) groups is 1. The maximum atomic E-state index is 11.8. The van der Waals surface area contributed by atoms with E-state index >= 15 is 0 Å². The minimum atomic E-state index is 0.154. The van der Waals surface area contributed by atoms with E-state index in [0.29, 0.717) is 23.3 Å². The van der Waals surface area contributed by atoms with Gasteiger partial charge in [0.25, 0.3) is 5.78 Å². The number of rotatable bonds is 7. The van der Waals surface area contributed by atoms with Crippen molar-refractivity contribution in [1.82, 2.24) is 24.9 Å². The van der Waals surface area contributed by atoms with Gasteiger partial charge in [-0.15, -0.1) is 11.8 Å². The van der Waals surface area contributed by atoms with Crippen molar-refractivity contribution in [3.63, 3.8) is 0 Å². The van der Waals surface area contributed by atoms with Gasteiger partial charge in [-0.2, -0.15) is 10.1 Å². The Morgan fingerprint density at radius 1 is 1.36 bits per heavy atom. The van der Waals surface area contributed by atoms with E-state index in [4.69, 9.17) is 0 Å². The lowest BCUT2D eigenvalue weighted by molar-refractivity contribution is -0.118. The number of fused-ring (bicyclic) bond motifs is 1. The average Bonchev–Trinajstić information content (AvgIpc) is 3.20. The molecule has 7 heteroatoms. The van der Waals surface area contributed by atoms with Gasteiger partial charge in [-0.25, -0.2) is 9.50 Å². The van der Waals surface area contributed by atoms with Crippen LogP contribution in [0.15, 0.2) is 18.7 Å². The van der Waals surface area contributed by atoms with Crippen molar-refractivity contribution in [2.45, 2.75) is 43.8 Å². The highest BCUT2D eigenvalue weighted by atomic mass is 32.2. The SMILES string of the molecule is O=C(CSC1CCCC1)NCCCc1cnc2ncnn2c1. The number of thioether (sulfide) groups is 1. The molecule has 2 aromatic heterocycles. The molecule has 0 aromatic carbocycles. The quantitative estimate of drug-likeness (QED) is 0.789. The highest BCUT2D eigenvalue weighted by Gasteiger charge is 2.16. The van der Waals surface area contributed by atoms with Crippen LogP contribution in [-0.2, 0) is 11.2 Å². The number of hydrogen-bond acceptors (Lipinski definition) is 5. The lowest BCUT2D eigenvalue weighted by Crippen LogP contribution is -2.27. The molecule has 0 atom stereocenters. The molecule has 0 bridgehead atoms. The molecule has 1 aliphatic rings. The summed E-state index contributed by atoms with van der Waals surface area (Å²) in [5, 5.41) is 7.76. The van der Waals surface area contributed by atoms with Gasteiger partial charge in [-0.3, -0.25) is 4.79 Å². The molecule has 0 saturated heterocycles. The zero-order chi connectivity index (χ0) is 15.2. The third-order valence-electron chi connectivity index (χ3n) is 3.90. The van der Waals surface area contributed by atoms with Gasteiger partial charge in [-0.1, -0.05) is 12.8 Å². The Bertz CT molecular complexity index is 623. The molecule has 118 valence electrons. The van der Waals surface area contributed by atoms with Crippen LogP contribution < -0.4 is 5.32 Å². The van der Waals surface area contributed by atoms with Crippen molar-refractivity contribution in [1.29, 1.82) is 0 Å². The molecule has 0 radical (unpaired) electrons. The van der Waals surface area contributed by atoms with Crippen LogP contribution in [0.4, 0.5) is 0 Å². The number of aromatic nitrogens is 4. The Balaban J connectivity index is 1.33. The minimum Gasteiger partial charge on any atom is -0.355 e. The van der Waals surface area contributed by atoms with Crippen LogP contribution >= 0.6 is 11.8 Å². The minimum absolute atomic E-state index is 0.154. The molecule has 0 aliphatic heterocycles. The van der Waals surface area contributed by atoms with E-state index in [1.165, 1.54) is 32.0 Å². The Morgan fingerprint density at radius 3 is 3.09 bits per heavy atom. The summed E-state index contributed by atoms with van der Waals surface area (Å²) in [6, 6.07) is 0.